The summed E-state index contributed by atoms with van der Waals surface area (Å²) < 4.78 is 132. The molecule has 0 amide bonds. The molecule has 0 saturated heterocycles. The van der Waals surface area contributed by atoms with Gasteiger partial charge in [0.1, 0.15) is 30.4 Å². The van der Waals surface area contributed by atoms with Crippen molar-refractivity contribution < 1.29 is 236 Å². The molecule has 0 aliphatic carbocycles. The third-order valence-electron chi connectivity index (χ3n) is 13.4. The molecule has 3 aromatic carbocycles. The largest absolute Gasteiger partial charge is 1.00 e. The Morgan fingerprint density at radius 3 is 0.714 bits per heavy atom. The molecule has 462 valence electrons. The first-order valence-electron chi connectivity index (χ1n) is 27.8. The third kappa shape index (κ3) is 43.0. The summed E-state index contributed by atoms with van der Waals surface area (Å²) in [5, 5.41) is 0. The molecule has 84 heavy (non-hydrogen) atoms. The number of aryl methyl sites for hydroxylation is 6. The van der Waals surface area contributed by atoms with Gasteiger partial charge >= 0.3 is 177 Å². The number of unbranched alkanes of at least 4 members (excludes halogenated alkanes) is 3. The second-order valence-electron chi connectivity index (χ2n) is 20.8. The van der Waals surface area contributed by atoms with Crippen molar-refractivity contribution in [1.82, 2.24) is 0 Å². The number of hydrogen-bond acceptors (Lipinski definition) is 12. The molecule has 0 spiro atoms. The average molecular weight is 1370 g/mol. The standard InChI is InChI=1S/3C19H31O6PS.3K/c3*1-3-7-17-12-14-18(15-13-17)10-6-9-16(2)8-4-5-11-19(26(20,21)22)27(23,24)25;;;/h3*8,12-15,19H,3-7,9-11H2,1-2H3,(H2,20,21,22)(H,23,24,25);;;/q;;;3*+1/p-3/b3*16-8+;;;. The van der Waals surface area contributed by atoms with Crippen LogP contribution in [0.25, 0.3) is 0 Å². The van der Waals surface area contributed by atoms with Gasteiger partial charge in [0, 0.05) is 0 Å². The zero-order valence-electron chi connectivity index (χ0n) is 51.0. The first kappa shape index (κ1) is 90.2. The molecule has 0 aliphatic rings. The fourth-order valence-electron chi connectivity index (χ4n) is 8.87. The van der Waals surface area contributed by atoms with Crippen molar-refractivity contribution in [2.24, 2.45) is 0 Å². The molecule has 3 unspecified atom stereocenters. The summed E-state index contributed by atoms with van der Waals surface area (Å²) in [5.74, 6) is 0. The van der Waals surface area contributed by atoms with Gasteiger partial charge in [-0.3, -0.25) is 13.7 Å². The maximum atomic E-state index is 11.1. The van der Waals surface area contributed by atoms with E-state index in [1.54, 1.807) is 0 Å². The van der Waals surface area contributed by atoms with Gasteiger partial charge in [0.15, 0.2) is 15.0 Å². The summed E-state index contributed by atoms with van der Waals surface area (Å²) in [6.07, 6.45) is 22.4. The predicted octanol–water partition coefficient (Wildman–Crippen LogP) is 3.39. The zero-order valence-corrected chi connectivity index (χ0v) is 65.5. The molecule has 3 aromatic rings. The Kier molecular flexibility index (Phi) is 50.4. The van der Waals surface area contributed by atoms with Crippen molar-refractivity contribution in [2.75, 3.05) is 0 Å². The van der Waals surface area contributed by atoms with Gasteiger partial charge in [-0.15, -0.1) is 0 Å². The van der Waals surface area contributed by atoms with Crippen molar-refractivity contribution in [2.45, 2.75) is 211 Å². The van der Waals surface area contributed by atoms with E-state index < -0.39 is 68.1 Å². The average Bonchev–Trinajstić information content (AvgIpc) is 3.56. The Labute approximate surface area is 631 Å². The summed E-state index contributed by atoms with van der Waals surface area (Å²) in [5.41, 5.74) is 11.4. The van der Waals surface area contributed by atoms with E-state index in [2.05, 4.69) is 93.6 Å². The van der Waals surface area contributed by atoms with Gasteiger partial charge in [-0.25, -0.2) is 25.3 Å². The van der Waals surface area contributed by atoms with Gasteiger partial charge < -0.3 is 43.0 Å². The second-order valence-corrected chi connectivity index (χ2v) is 31.9. The molecule has 6 N–H and O–H groups in total. The summed E-state index contributed by atoms with van der Waals surface area (Å²) in [6, 6.07) is 26.0. The van der Waals surface area contributed by atoms with Gasteiger partial charge in [-0.1, -0.05) is 148 Å². The maximum Gasteiger partial charge on any atom is 1.00 e. The molecule has 3 atom stereocenters. The fraction of sp³-hybridized carbons (Fsp3) is 0.579. The summed E-state index contributed by atoms with van der Waals surface area (Å²) in [4.78, 5) is 47.6. The number of hydrogen-bond donors (Lipinski definition) is 6. The monoisotopic (exact) mass is 1370 g/mol. The topological polar surface area (TPSA) is 344 Å². The van der Waals surface area contributed by atoms with E-state index >= 15 is 0 Å². The Bertz CT molecular complexity index is 2580. The van der Waals surface area contributed by atoms with Crippen LogP contribution in [0.4, 0.5) is 0 Å². The molecule has 3 rings (SSSR count). The smallest absolute Gasteiger partial charge is 0.747 e. The van der Waals surface area contributed by atoms with E-state index in [0.29, 0.717) is 19.3 Å². The molecule has 27 heteroatoms. The first-order valence-corrected chi connectivity index (χ1v) is 37.3. The van der Waals surface area contributed by atoms with E-state index in [9.17, 15) is 52.6 Å². The molecule has 0 heterocycles. The molecule has 0 saturated carbocycles. The zero-order chi connectivity index (χ0) is 61.5. The van der Waals surface area contributed by atoms with Gasteiger partial charge in [-0.05, 0) is 189 Å². The molecule has 0 bridgehead atoms. The number of allylic oxidation sites excluding steroid dienone is 6. The minimum atomic E-state index is -5.01. The fourth-order valence-corrected chi connectivity index (χ4v) is 15.8. The van der Waals surface area contributed by atoms with Crippen molar-refractivity contribution >= 4 is 53.1 Å². The van der Waals surface area contributed by atoms with Gasteiger partial charge in [0.2, 0.25) is 0 Å². The normalized spacial score (nSPS) is 13.8. The second kappa shape index (κ2) is 46.9. The number of rotatable bonds is 36. The van der Waals surface area contributed by atoms with E-state index in [0.717, 1.165) is 113 Å². The predicted molar refractivity (Wildman–Crippen MR) is 320 cm³/mol. The Balaban J connectivity index is -0.00000115. The summed E-state index contributed by atoms with van der Waals surface area (Å²) in [6.45, 7) is 12.4. The van der Waals surface area contributed by atoms with E-state index in [1.807, 2.05) is 39.0 Å². The van der Waals surface area contributed by atoms with Crippen LogP contribution < -0.4 is 154 Å². The van der Waals surface area contributed by atoms with E-state index in [1.165, 1.54) is 33.4 Å². The van der Waals surface area contributed by atoms with E-state index in [4.69, 9.17) is 29.4 Å². The maximum absolute atomic E-state index is 11.1. The Morgan fingerprint density at radius 1 is 0.381 bits per heavy atom. The van der Waals surface area contributed by atoms with E-state index in [-0.39, 0.29) is 193 Å². The Morgan fingerprint density at radius 2 is 0.560 bits per heavy atom. The molecule has 0 aromatic heterocycles. The van der Waals surface area contributed by atoms with Crippen molar-refractivity contribution in [3.05, 3.63) is 141 Å². The third-order valence-corrected chi connectivity index (χ3v) is 23.9. The van der Waals surface area contributed by atoms with Crippen molar-refractivity contribution in [3.63, 3.8) is 0 Å². The quantitative estimate of drug-likeness (QED) is 0.0160. The van der Waals surface area contributed by atoms with Crippen LogP contribution in [0, 0.1) is 0 Å². The van der Waals surface area contributed by atoms with Gasteiger partial charge in [0.05, 0.1) is 0 Å². The minimum Gasteiger partial charge on any atom is -0.747 e. The molecule has 0 fully saturated rings. The minimum absolute atomic E-state index is 0. The van der Waals surface area contributed by atoms with Crippen LogP contribution in [0.3, 0.4) is 0 Å². The van der Waals surface area contributed by atoms with Crippen LogP contribution >= 0.6 is 22.8 Å². The van der Waals surface area contributed by atoms with Gasteiger partial charge in [-0.2, -0.15) is 0 Å². The summed E-state index contributed by atoms with van der Waals surface area (Å²) >= 11 is 0. The van der Waals surface area contributed by atoms with Crippen LogP contribution in [-0.2, 0) is 82.6 Å². The molecule has 0 aliphatic heterocycles. The van der Waals surface area contributed by atoms with Crippen LogP contribution in [0.2, 0.25) is 0 Å². The van der Waals surface area contributed by atoms with Crippen molar-refractivity contribution in [3.8, 4) is 0 Å². The van der Waals surface area contributed by atoms with Crippen LogP contribution in [0.5, 0.6) is 0 Å². The van der Waals surface area contributed by atoms with Crippen molar-refractivity contribution in [1.29, 1.82) is 0 Å². The molecular formula is C57H90K3O18P3S3. The Hall–Kier alpha value is 1.97. The van der Waals surface area contributed by atoms with Crippen LogP contribution in [0.15, 0.2) is 108 Å². The van der Waals surface area contributed by atoms with Crippen LogP contribution in [-0.4, -0.2) is 83.2 Å². The first-order chi connectivity index (χ1) is 37.6. The molecular weight excluding hydrogens is 1280 g/mol. The molecule has 18 nitrogen and oxygen atoms in total. The number of benzene rings is 3. The SMILES string of the molecule is CCCc1ccc(CCC/C(C)=C/CCCC(P(=O)(O)O)S(=O)(=O)[O-])cc1.CCCc1ccc(CCC/C(C)=C/CCCC(P(=O)(O)O)S(=O)(=O)[O-])cc1.CCCc1ccc(CCC/C(C)=C/CCCC(P(=O)(O)O)S(=O)(=O)[O-])cc1.[K+].[K+].[K+]. The molecule has 0 radical (unpaired) electrons. The summed E-state index contributed by atoms with van der Waals surface area (Å²) in [7, 11) is -29.9. The van der Waals surface area contributed by atoms with Gasteiger partial charge in [0.25, 0.3) is 0 Å². The van der Waals surface area contributed by atoms with Crippen LogP contribution in [0.1, 0.15) is 190 Å².